The Morgan fingerprint density at radius 1 is 1.29 bits per heavy atom. The minimum Gasteiger partial charge on any atom is -0.457 e. The number of cyclic esters (lactones) is 1. The Hall–Kier alpha value is -1.51. The van der Waals surface area contributed by atoms with E-state index in [4.69, 9.17) is 9.47 Å². The molecule has 0 bridgehead atoms. The molecule has 10 atom stereocenters. The molecule has 0 aromatic rings. The van der Waals surface area contributed by atoms with Crippen molar-refractivity contribution >= 4 is 5.97 Å². The van der Waals surface area contributed by atoms with E-state index in [9.17, 15) is 25.2 Å². The predicted octanol–water partition coefficient (Wildman–Crippen LogP) is 3.45. The van der Waals surface area contributed by atoms with Crippen LogP contribution >= 0.6 is 0 Å². The quantitative estimate of drug-likeness (QED) is 0.177. The second-order valence-electron chi connectivity index (χ2n) is 10.8. The molecule has 200 valence electrons. The molecular weight excluding hydrogens is 448 g/mol. The number of epoxide rings is 1. The van der Waals surface area contributed by atoms with E-state index in [1.54, 1.807) is 6.08 Å². The van der Waals surface area contributed by atoms with Gasteiger partial charge in [-0.25, -0.2) is 0 Å². The average Bonchev–Trinajstić information content (AvgIpc) is 3.56. The van der Waals surface area contributed by atoms with Crippen LogP contribution in [0.1, 0.15) is 73.6 Å². The van der Waals surface area contributed by atoms with Crippen LogP contribution in [-0.2, 0) is 14.3 Å². The van der Waals surface area contributed by atoms with Crippen molar-refractivity contribution in [2.24, 2.45) is 17.8 Å². The summed E-state index contributed by atoms with van der Waals surface area (Å²) >= 11 is 0. The number of aliphatic hydroxyl groups excluding tert-OH is 3. The second-order valence-corrected chi connectivity index (χ2v) is 10.8. The maximum absolute atomic E-state index is 12.5. The van der Waals surface area contributed by atoms with Gasteiger partial charge in [0, 0.05) is 11.8 Å². The van der Waals surface area contributed by atoms with Crippen LogP contribution in [0.4, 0.5) is 0 Å². The number of allylic oxidation sites excluding steroid dienone is 3. The summed E-state index contributed by atoms with van der Waals surface area (Å²) in [5.74, 6) is -0.317. The molecule has 0 amide bonds. The fraction of sp³-hybridized carbons (Fsp3) is 0.750. The monoisotopic (exact) mass is 494 g/mol. The van der Waals surface area contributed by atoms with Crippen molar-refractivity contribution in [2.45, 2.75) is 116 Å². The molecule has 2 aliphatic heterocycles. The topological polar surface area (TPSA) is 120 Å². The highest BCUT2D eigenvalue weighted by molar-refractivity contribution is 5.70. The Morgan fingerprint density at radius 2 is 1.97 bits per heavy atom. The number of ether oxygens (including phenoxy) is 2. The van der Waals surface area contributed by atoms with Gasteiger partial charge < -0.3 is 29.9 Å². The van der Waals surface area contributed by atoms with Crippen LogP contribution < -0.4 is 0 Å². The van der Waals surface area contributed by atoms with Crippen molar-refractivity contribution in [2.75, 3.05) is 0 Å². The van der Waals surface area contributed by atoms with E-state index in [1.807, 2.05) is 39.8 Å². The van der Waals surface area contributed by atoms with E-state index < -0.39 is 29.9 Å². The van der Waals surface area contributed by atoms with Crippen molar-refractivity contribution in [3.8, 4) is 0 Å². The number of hydrogen-bond donors (Lipinski definition) is 4. The fourth-order valence-corrected chi connectivity index (χ4v) is 4.63. The first-order chi connectivity index (χ1) is 16.4. The summed E-state index contributed by atoms with van der Waals surface area (Å²) in [6.45, 7) is 11.4. The van der Waals surface area contributed by atoms with E-state index in [0.29, 0.717) is 0 Å². The Labute approximate surface area is 210 Å². The normalized spacial score (nSPS) is 37.8. The van der Waals surface area contributed by atoms with Crippen LogP contribution in [0.15, 0.2) is 36.0 Å². The first kappa shape index (κ1) is 29.7. The van der Waals surface area contributed by atoms with Crippen molar-refractivity contribution in [3.63, 3.8) is 0 Å². The van der Waals surface area contributed by atoms with Crippen molar-refractivity contribution < 1.29 is 34.7 Å². The van der Waals surface area contributed by atoms with Gasteiger partial charge in [-0.1, -0.05) is 58.1 Å². The largest absolute Gasteiger partial charge is 0.457 e. The Kier molecular flexibility index (Phi) is 11.2. The lowest BCUT2D eigenvalue weighted by molar-refractivity contribution is -0.151. The highest BCUT2D eigenvalue weighted by Crippen LogP contribution is 2.36. The third-order valence-corrected chi connectivity index (χ3v) is 7.37. The Balaban J connectivity index is 2.04. The molecule has 0 saturated carbocycles. The second kappa shape index (κ2) is 13.2. The molecule has 7 heteroatoms. The van der Waals surface area contributed by atoms with Gasteiger partial charge in [0.05, 0.1) is 36.4 Å². The first-order valence-electron chi connectivity index (χ1n) is 13.0. The molecule has 0 aliphatic carbocycles. The van der Waals surface area contributed by atoms with Gasteiger partial charge in [0.2, 0.25) is 0 Å². The molecule has 1 fully saturated rings. The highest BCUT2D eigenvalue weighted by Gasteiger charge is 2.44. The van der Waals surface area contributed by atoms with E-state index in [0.717, 1.165) is 18.4 Å². The van der Waals surface area contributed by atoms with Crippen LogP contribution in [0.25, 0.3) is 0 Å². The molecule has 2 heterocycles. The minimum atomic E-state index is -1.39. The molecule has 4 N–H and O–H groups in total. The Morgan fingerprint density at radius 3 is 2.63 bits per heavy atom. The molecule has 0 aromatic carbocycles. The zero-order valence-corrected chi connectivity index (χ0v) is 22.1. The molecule has 1 saturated heterocycles. The van der Waals surface area contributed by atoms with E-state index in [1.165, 1.54) is 13.0 Å². The average molecular weight is 495 g/mol. The van der Waals surface area contributed by atoms with Gasteiger partial charge in [0.15, 0.2) is 0 Å². The number of esters is 1. The zero-order valence-electron chi connectivity index (χ0n) is 22.1. The van der Waals surface area contributed by atoms with Gasteiger partial charge in [-0.3, -0.25) is 4.79 Å². The maximum Gasteiger partial charge on any atom is 0.309 e. The number of carbonyl (C=O) groups is 1. The summed E-state index contributed by atoms with van der Waals surface area (Å²) in [7, 11) is 0. The number of aliphatic hydroxyl groups is 4. The summed E-state index contributed by atoms with van der Waals surface area (Å²) in [6, 6.07) is 0. The predicted molar refractivity (Wildman–Crippen MR) is 135 cm³/mol. The lowest BCUT2D eigenvalue weighted by atomic mass is 9.89. The maximum atomic E-state index is 12.5. The lowest BCUT2D eigenvalue weighted by Gasteiger charge is -2.30. The molecule has 0 radical (unpaired) electrons. The van der Waals surface area contributed by atoms with Crippen LogP contribution in [0.3, 0.4) is 0 Å². The number of carbonyl (C=O) groups excluding carboxylic acids is 1. The summed E-state index contributed by atoms with van der Waals surface area (Å²) < 4.78 is 11.5. The fourth-order valence-electron chi connectivity index (χ4n) is 4.63. The van der Waals surface area contributed by atoms with Crippen molar-refractivity contribution in [3.05, 3.63) is 36.0 Å². The van der Waals surface area contributed by atoms with Gasteiger partial charge >= 0.3 is 5.97 Å². The molecule has 2 aliphatic rings. The molecule has 0 spiro atoms. The van der Waals surface area contributed by atoms with Gasteiger partial charge in [-0.2, -0.15) is 0 Å². The van der Waals surface area contributed by atoms with Gasteiger partial charge in [-0.05, 0) is 51.0 Å². The summed E-state index contributed by atoms with van der Waals surface area (Å²) in [5, 5.41) is 41.1. The molecular formula is C28H46O7. The molecule has 7 nitrogen and oxygen atoms in total. The lowest BCUT2D eigenvalue weighted by Crippen LogP contribution is -2.39. The zero-order chi connectivity index (χ0) is 26.3. The minimum absolute atomic E-state index is 0.118. The third-order valence-electron chi connectivity index (χ3n) is 7.37. The van der Waals surface area contributed by atoms with Crippen molar-refractivity contribution in [1.82, 2.24) is 0 Å². The Bertz CT molecular complexity index is 771. The number of rotatable bonds is 8. The summed E-state index contributed by atoms with van der Waals surface area (Å²) in [4.78, 5) is 12.5. The summed E-state index contributed by atoms with van der Waals surface area (Å²) in [5.41, 5.74) is -0.553. The van der Waals surface area contributed by atoms with Gasteiger partial charge in [-0.15, -0.1) is 0 Å². The van der Waals surface area contributed by atoms with Crippen LogP contribution in [0.2, 0.25) is 0 Å². The van der Waals surface area contributed by atoms with Crippen molar-refractivity contribution in [1.29, 1.82) is 0 Å². The van der Waals surface area contributed by atoms with Crippen LogP contribution in [0, 0.1) is 17.8 Å². The molecule has 10 unspecified atom stereocenters. The number of hydrogen-bond acceptors (Lipinski definition) is 7. The molecule has 35 heavy (non-hydrogen) atoms. The molecule has 2 rings (SSSR count). The smallest absolute Gasteiger partial charge is 0.309 e. The van der Waals surface area contributed by atoms with Gasteiger partial charge in [0.1, 0.15) is 12.2 Å². The first-order valence-corrected chi connectivity index (χ1v) is 13.0. The van der Waals surface area contributed by atoms with E-state index in [2.05, 4.69) is 13.0 Å². The standard InChI is InChI=1S/C28H46O7/c1-7-22(30)20(5)27-23(34-27)15-17(2)9-8-10-18(3)26-19(4)11-12-24(31)28(6,33)14-13-21(29)16-25(32)35-26/h8-12,17,19-24,26-27,29-31,33H,7,13-16H2,1-6H3. The van der Waals surface area contributed by atoms with E-state index in [-0.39, 0.29) is 55.3 Å². The highest BCUT2D eigenvalue weighted by atomic mass is 16.6. The molecule has 0 aromatic heterocycles. The van der Waals surface area contributed by atoms with Gasteiger partial charge in [0.25, 0.3) is 0 Å². The SMILES string of the molecule is CCC(O)C(C)C1OC1CC(C)C=CC=C(C)C1OC(=O)CC(O)CCC(C)(O)C(O)C=CC1C. The third kappa shape index (κ3) is 9.14. The summed E-state index contributed by atoms with van der Waals surface area (Å²) in [6.07, 6.45) is 8.41. The van der Waals surface area contributed by atoms with Crippen LogP contribution in [0.5, 0.6) is 0 Å². The van der Waals surface area contributed by atoms with E-state index >= 15 is 0 Å². The van der Waals surface area contributed by atoms with Crippen LogP contribution in [-0.4, -0.2) is 68.6 Å².